The van der Waals surface area contributed by atoms with Crippen LogP contribution >= 0.6 is 0 Å². The van der Waals surface area contributed by atoms with Crippen LogP contribution in [-0.4, -0.2) is 41.0 Å². The summed E-state index contributed by atoms with van der Waals surface area (Å²) in [6.07, 6.45) is -5.76. The van der Waals surface area contributed by atoms with Crippen molar-refractivity contribution in [2.45, 2.75) is 32.7 Å². The number of carboxylic acid groups (broad SMARTS) is 1. The number of aromatic nitrogens is 1. The number of hydrogen-bond acceptors (Lipinski definition) is 5. The topological polar surface area (TPSA) is 87.0 Å². The fourth-order valence-corrected chi connectivity index (χ4v) is 4.29. The highest BCUT2D eigenvalue weighted by Crippen LogP contribution is 2.36. The number of carbonyl (C=O) groups is 2. The summed E-state index contributed by atoms with van der Waals surface area (Å²) in [6.45, 7) is 3.35. The lowest BCUT2D eigenvalue weighted by Gasteiger charge is -2.15. The maximum absolute atomic E-state index is 13.7. The van der Waals surface area contributed by atoms with Gasteiger partial charge in [-0.05, 0) is 49.7 Å². The number of ketones is 1. The van der Waals surface area contributed by atoms with Crippen molar-refractivity contribution in [2.24, 2.45) is 0 Å². The van der Waals surface area contributed by atoms with E-state index < -0.39 is 24.2 Å². The lowest BCUT2D eigenvalue weighted by Crippen LogP contribution is -2.25. The van der Waals surface area contributed by atoms with Gasteiger partial charge in [-0.3, -0.25) is 4.79 Å². The lowest BCUT2D eigenvalue weighted by atomic mass is 10.00. The van der Waals surface area contributed by atoms with E-state index in [2.05, 4.69) is 4.74 Å². The normalized spacial score (nSPS) is 12.3. The molecule has 0 saturated carbocycles. The average molecular weight is 527 g/mol. The van der Waals surface area contributed by atoms with Crippen LogP contribution in [0.5, 0.6) is 17.2 Å². The van der Waals surface area contributed by atoms with Crippen LogP contribution in [0.3, 0.4) is 0 Å². The summed E-state index contributed by atoms with van der Waals surface area (Å²) in [5.41, 5.74) is 1.83. The lowest BCUT2D eigenvalue weighted by molar-refractivity contribution is -0.274. The Labute approximate surface area is 216 Å². The third-order valence-electron chi connectivity index (χ3n) is 5.97. The molecule has 10 heteroatoms. The molecule has 38 heavy (non-hydrogen) atoms. The summed E-state index contributed by atoms with van der Waals surface area (Å²) < 4.78 is 55.5. The molecule has 0 aliphatic rings. The third kappa shape index (κ3) is 5.44. The van der Waals surface area contributed by atoms with Gasteiger partial charge in [0, 0.05) is 34.5 Å². The zero-order chi connectivity index (χ0) is 27.6. The van der Waals surface area contributed by atoms with Crippen LogP contribution in [0.4, 0.5) is 13.2 Å². The molecule has 1 atom stereocenters. The van der Waals surface area contributed by atoms with Crippen LogP contribution in [0.2, 0.25) is 0 Å². The molecule has 1 aromatic heterocycles. The zero-order valence-corrected chi connectivity index (χ0v) is 20.7. The van der Waals surface area contributed by atoms with Gasteiger partial charge in [0.1, 0.15) is 17.2 Å². The van der Waals surface area contributed by atoms with Gasteiger partial charge in [-0.1, -0.05) is 25.1 Å². The van der Waals surface area contributed by atoms with Gasteiger partial charge in [0.25, 0.3) is 0 Å². The van der Waals surface area contributed by atoms with E-state index >= 15 is 0 Å². The van der Waals surface area contributed by atoms with Crippen LogP contribution in [0.1, 0.15) is 35.0 Å². The molecule has 4 rings (SSSR count). The van der Waals surface area contributed by atoms with Crippen molar-refractivity contribution in [3.8, 4) is 22.9 Å². The molecule has 0 saturated heterocycles. The maximum Gasteiger partial charge on any atom is 0.573 e. The third-order valence-corrected chi connectivity index (χ3v) is 5.97. The van der Waals surface area contributed by atoms with Crippen molar-refractivity contribution < 1.29 is 42.1 Å². The summed E-state index contributed by atoms with van der Waals surface area (Å²) in [5, 5.41) is 9.77. The van der Waals surface area contributed by atoms with Gasteiger partial charge in [0.2, 0.25) is 0 Å². The van der Waals surface area contributed by atoms with Crippen LogP contribution in [0.25, 0.3) is 16.6 Å². The number of benzene rings is 3. The highest BCUT2D eigenvalue weighted by atomic mass is 19.4. The largest absolute Gasteiger partial charge is 0.573 e. The van der Waals surface area contributed by atoms with Crippen LogP contribution < -0.4 is 14.2 Å². The quantitative estimate of drug-likeness (QED) is 0.257. The Hall–Kier alpha value is -4.47. The summed E-state index contributed by atoms with van der Waals surface area (Å²) in [4.78, 5) is 25.1. The number of hydrogen-bond donors (Lipinski definition) is 1. The van der Waals surface area contributed by atoms with Gasteiger partial charge < -0.3 is 23.9 Å². The Morgan fingerprint density at radius 1 is 0.974 bits per heavy atom. The molecule has 0 radical (unpaired) electrons. The highest BCUT2D eigenvalue weighted by Gasteiger charge is 2.32. The first kappa shape index (κ1) is 26.6. The number of rotatable bonds is 9. The molecule has 0 spiro atoms. The second-order valence-corrected chi connectivity index (χ2v) is 8.43. The molecule has 4 aromatic rings. The number of methoxy groups -OCH3 is 1. The fourth-order valence-electron chi connectivity index (χ4n) is 4.29. The second kappa shape index (κ2) is 10.5. The highest BCUT2D eigenvalue weighted by molar-refractivity contribution is 6.18. The maximum atomic E-state index is 13.7. The van der Waals surface area contributed by atoms with Gasteiger partial charge in [-0.2, -0.15) is 0 Å². The predicted octanol–water partition coefficient (Wildman–Crippen LogP) is 6.32. The van der Waals surface area contributed by atoms with E-state index in [1.54, 1.807) is 66.9 Å². The SMILES string of the molecule is CCC(Oc1cccc(-n2c(C)c(C(=O)c3cccc(OC)c3)c3ccc(OC(F)(F)F)cc32)c1)C(=O)O. The van der Waals surface area contributed by atoms with Gasteiger partial charge in [-0.25, -0.2) is 4.79 Å². The van der Waals surface area contributed by atoms with Crippen LogP contribution in [-0.2, 0) is 4.79 Å². The fraction of sp³-hybridized carbons (Fsp3) is 0.214. The number of fused-ring (bicyclic) bond motifs is 1. The molecular formula is C28H24F3NO6. The van der Waals surface area contributed by atoms with Crippen molar-refractivity contribution in [2.75, 3.05) is 7.11 Å². The number of halogens is 3. The molecule has 1 unspecified atom stereocenters. The first-order chi connectivity index (χ1) is 18.0. The molecule has 0 amide bonds. The van der Waals surface area contributed by atoms with E-state index in [1.165, 1.54) is 19.2 Å². The second-order valence-electron chi connectivity index (χ2n) is 8.43. The molecule has 1 N–H and O–H groups in total. The van der Waals surface area contributed by atoms with E-state index in [4.69, 9.17) is 9.47 Å². The van der Waals surface area contributed by atoms with Gasteiger partial charge in [0.05, 0.1) is 18.2 Å². The Morgan fingerprint density at radius 2 is 1.68 bits per heavy atom. The van der Waals surface area contributed by atoms with Gasteiger partial charge >= 0.3 is 12.3 Å². The predicted molar refractivity (Wildman–Crippen MR) is 133 cm³/mol. The Morgan fingerprint density at radius 3 is 2.34 bits per heavy atom. The minimum atomic E-state index is -4.90. The molecule has 0 aliphatic heterocycles. The van der Waals surface area contributed by atoms with Crippen molar-refractivity contribution in [1.29, 1.82) is 0 Å². The molecular weight excluding hydrogens is 503 g/mol. The minimum absolute atomic E-state index is 0.225. The smallest absolute Gasteiger partial charge is 0.497 e. The Balaban J connectivity index is 1.91. The van der Waals surface area contributed by atoms with E-state index in [1.807, 2.05) is 0 Å². The molecule has 0 bridgehead atoms. The molecule has 3 aromatic carbocycles. The number of carbonyl (C=O) groups excluding carboxylic acids is 1. The minimum Gasteiger partial charge on any atom is -0.497 e. The van der Waals surface area contributed by atoms with Gasteiger partial charge in [-0.15, -0.1) is 13.2 Å². The zero-order valence-electron chi connectivity index (χ0n) is 20.7. The summed E-state index contributed by atoms with van der Waals surface area (Å²) in [6, 6.07) is 16.8. The van der Waals surface area contributed by atoms with Crippen molar-refractivity contribution in [1.82, 2.24) is 4.57 Å². The van der Waals surface area contributed by atoms with Crippen molar-refractivity contribution in [3.05, 3.63) is 83.6 Å². The number of carboxylic acids is 1. The van der Waals surface area contributed by atoms with Crippen LogP contribution in [0, 0.1) is 6.92 Å². The number of nitrogens with zero attached hydrogens (tertiary/aromatic N) is 1. The first-order valence-electron chi connectivity index (χ1n) is 11.6. The Bertz CT molecular complexity index is 1510. The summed E-state index contributed by atoms with van der Waals surface area (Å²) in [5.74, 6) is -1.19. The first-order valence-corrected chi connectivity index (χ1v) is 11.6. The molecule has 198 valence electrons. The number of ether oxygens (including phenoxy) is 3. The van der Waals surface area contributed by atoms with Crippen molar-refractivity contribution >= 4 is 22.7 Å². The summed E-state index contributed by atoms with van der Waals surface area (Å²) >= 11 is 0. The van der Waals surface area contributed by atoms with E-state index in [-0.39, 0.29) is 29.0 Å². The summed E-state index contributed by atoms with van der Waals surface area (Å²) in [7, 11) is 1.48. The van der Waals surface area contributed by atoms with Crippen LogP contribution in [0.15, 0.2) is 66.7 Å². The van der Waals surface area contributed by atoms with Gasteiger partial charge in [0.15, 0.2) is 11.9 Å². The number of aliphatic carboxylic acids is 1. The molecule has 0 aliphatic carbocycles. The molecule has 7 nitrogen and oxygen atoms in total. The molecule has 1 heterocycles. The van der Waals surface area contributed by atoms with E-state index in [0.29, 0.717) is 28.1 Å². The average Bonchev–Trinajstić information content (AvgIpc) is 3.16. The Kier molecular flexibility index (Phi) is 7.34. The molecule has 0 fully saturated rings. The van der Waals surface area contributed by atoms with Crippen molar-refractivity contribution in [3.63, 3.8) is 0 Å². The standard InChI is InChI=1S/C28H24F3NO6/c1-4-24(27(34)35)37-20-10-6-8-18(14-20)32-16(2)25(26(33)17-7-5-9-19(13-17)36-3)22-12-11-21(15-23(22)32)38-28(29,30)31/h5-15,24H,4H2,1-3H3,(H,34,35). The number of alkyl halides is 3. The van der Waals surface area contributed by atoms with E-state index in [0.717, 1.165) is 6.07 Å². The monoisotopic (exact) mass is 527 g/mol. The van der Waals surface area contributed by atoms with E-state index in [9.17, 15) is 27.9 Å².